The van der Waals surface area contributed by atoms with Crippen LogP contribution in [0.15, 0.2) is 29.0 Å². The van der Waals surface area contributed by atoms with Crippen molar-refractivity contribution in [2.45, 2.75) is 58.1 Å². The maximum Gasteiger partial charge on any atom is 0.307 e. The highest BCUT2D eigenvalue weighted by Gasteiger charge is 2.68. The minimum Gasteiger partial charge on any atom is -0.507 e. The molecule has 0 bridgehead atoms. The minimum atomic E-state index is -2.53. The van der Waals surface area contributed by atoms with E-state index >= 15 is 0 Å². The van der Waals surface area contributed by atoms with E-state index in [2.05, 4.69) is 0 Å². The third kappa shape index (κ3) is 5.17. The zero-order chi connectivity index (χ0) is 32.0. The van der Waals surface area contributed by atoms with Crippen LogP contribution in [-0.2, 0) is 39.9 Å². The molecule has 0 radical (unpaired) electrons. The number of hydrogen-bond donors (Lipinski definition) is 2. The molecule has 0 spiro atoms. The van der Waals surface area contributed by atoms with Gasteiger partial charge in [0.25, 0.3) is 5.91 Å². The maximum atomic E-state index is 14.7. The monoisotopic (exact) mass is 597 g/mol. The number of unbranched alkanes of at least 4 members (excludes halogenated alkanes) is 1. The fourth-order valence-electron chi connectivity index (χ4n) is 6.70. The van der Waals surface area contributed by atoms with E-state index in [0.717, 1.165) is 37.9 Å². The number of benzene rings is 1. The molecule has 3 N–H and O–H groups in total. The number of Topliss-reactive ketones (excluding diaryl/α,β-unsaturated/α-hetero) is 2. The van der Waals surface area contributed by atoms with E-state index in [-0.39, 0.29) is 23.5 Å². The fourth-order valence-corrected chi connectivity index (χ4v) is 6.70. The van der Waals surface area contributed by atoms with Crippen molar-refractivity contribution in [1.82, 2.24) is 4.90 Å². The van der Waals surface area contributed by atoms with Crippen molar-refractivity contribution in [3.05, 3.63) is 40.2 Å². The SMILES string of the molecule is CCCCOc1ccc(N(C)C)c2c1C(O)=C1C(=O)[C@]3(OC(C)=O)C(=O)C(C(N)=O)=C(OC(C)=O)C(N(C)C)[C@@H]3C[C@@H]1C2. The topological polar surface area (TPSA) is 166 Å². The lowest BCUT2D eigenvalue weighted by Crippen LogP contribution is -2.68. The van der Waals surface area contributed by atoms with Crippen LogP contribution < -0.4 is 15.4 Å². The van der Waals surface area contributed by atoms with Crippen LogP contribution in [0.2, 0.25) is 0 Å². The Balaban J connectivity index is 2.03. The van der Waals surface area contributed by atoms with Gasteiger partial charge in [0.1, 0.15) is 22.8 Å². The number of esters is 2. The third-order valence-electron chi connectivity index (χ3n) is 8.30. The number of nitrogens with two attached hydrogens (primary N) is 1. The molecule has 1 saturated carbocycles. The average Bonchev–Trinajstić information content (AvgIpc) is 2.89. The van der Waals surface area contributed by atoms with Crippen molar-refractivity contribution in [2.75, 3.05) is 39.7 Å². The van der Waals surface area contributed by atoms with Crippen molar-refractivity contribution in [3.63, 3.8) is 0 Å². The molecule has 1 amide bonds. The molecule has 43 heavy (non-hydrogen) atoms. The van der Waals surface area contributed by atoms with Gasteiger partial charge in [-0.05, 0) is 57.0 Å². The van der Waals surface area contributed by atoms with Gasteiger partial charge in [-0.25, -0.2) is 0 Å². The zero-order valence-corrected chi connectivity index (χ0v) is 25.6. The van der Waals surface area contributed by atoms with Gasteiger partial charge in [0, 0.05) is 45.1 Å². The maximum absolute atomic E-state index is 14.7. The summed E-state index contributed by atoms with van der Waals surface area (Å²) in [6, 6.07) is 2.58. The smallest absolute Gasteiger partial charge is 0.307 e. The number of likely N-dealkylation sites (N-methyl/N-ethyl adjacent to an activating group) is 1. The second kappa shape index (κ2) is 11.8. The number of rotatable bonds is 9. The molecule has 1 unspecified atom stereocenters. The Hall–Kier alpha value is -4.19. The molecular formula is C31H39N3O9. The van der Waals surface area contributed by atoms with E-state index < -0.39 is 58.5 Å². The highest BCUT2D eigenvalue weighted by Crippen LogP contribution is 2.54. The fraction of sp³-hybridized carbons (Fsp3) is 0.516. The molecular weight excluding hydrogens is 558 g/mol. The number of anilines is 1. The van der Waals surface area contributed by atoms with Crippen molar-refractivity contribution >= 4 is 40.9 Å². The van der Waals surface area contributed by atoms with Gasteiger partial charge in [0.15, 0.2) is 0 Å². The lowest BCUT2D eigenvalue weighted by atomic mass is 9.56. The number of ketones is 2. The van der Waals surface area contributed by atoms with Crippen molar-refractivity contribution in [1.29, 1.82) is 0 Å². The normalized spacial score (nSPS) is 24.7. The minimum absolute atomic E-state index is 0.0665. The van der Waals surface area contributed by atoms with Gasteiger partial charge in [-0.3, -0.25) is 28.9 Å². The second-order valence-electron chi connectivity index (χ2n) is 11.6. The molecule has 232 valence electrons. The summed E-state index contributed by atoms with van der Waals surface area (Å²) in [4.78, 5) is 69.8. The van der Waals surface area contributed by atoms with Crippen molar-refractivity contribution < 1.29 is 43.3 Å². The molecule has 1 aromatic rings. The number of hydrogen-bond acceptors (Lipinski definition) is 11. The molecule has 0 aliphatic heterocycles. The number of amides is 1. The van der Waals surface area contributed by atoms with Gasteiger partial charge >= 0.3 is 11.9 Å². The molecule has 3 aliphatic carbocycles. The number of aliphatic hydroxyl groups excluding tert-OH is 1. The van der Waals surface area contributed by atoms with Gasteiger partial charge < -0.3 is 30.0 Å². The Morgan fingerprint density at radius 3 is 2.28 bits per heavy atom. The van der Waals surface area contributed by atoms with E-state index in [1.54, 1.807) is 25.1 Å². The average molecular weight is 598 g/mol. The summed E-state index contributed by atoms with van der Waals surface area (Å²) in [6.45, 7) is 4.57. The lowest BCUT2D eigenvalue weighted by Gasteiger charge is -2.52. The van der Waals surface area contributed by atoms with Crippen molar-refractivity contribution in [2.24, 2.45) is 17.6 Å². The summed E-state index contributed by atoms with van der Waals surface area (Å²) in [5, 5.41) is 11.8. The molecule has 1 aromatic carbocycles. The molecule has 12 heteroatoms. The summed E-state index contributed by atoms with van der Waals surface area (Å²) in [7, 11) is 6.97. The summed E-state index contributed by atoms with van der Waals surface area (Å²) >= 11 is 0. The van der Waals surface area contributed by atoms with Crippen LogP contribution in [0.25, 0.3) is 5.76 Å². The Morgan fingerprint density at radius 1 is 1.07 bits per heavy atom. The van der Waals surface area contributed by atoms with Gasteiger partial charge in [0.05, 0.1) is 18.2 Å². The first-order valence-electron chi connectivity index (χ1n) is 14.3. The first kappa shape index (κ1) is 31.7. The van der Waals surface area contributed by atoms with E-state index in [1.165, 1.54) is 0 Å². The number of aliphatic hydroxyl groups is 1. The first-order valence-corrected chi connectivity index (χ1v) is 14.3. The Labute approximate surface area is 250 Å². The van der Waals surface area contributed by atoms with Crippen molar-refractivity contribution in [3.8, 4) is 5.75 Å². The van der Waals surface area contributed by atoms with Crippen LogP contribution in [-0.4, -0.2) is 85.9 Å². The van der Waals surface area contributed by atoms with Gasteiger partial charge in [0.2, 0.25) is 17.2 Å². The number of ether oxygens (including phenoxy) is 3. The standard InChI is InChI=1S/C31H39N3O9/c1-8-9-12-41-21-11-10-20(33(4)5)18-13-17-14-19-25(34(6)7)27(42-15(2)35)24(30(32)40)29(39)31(19,43-16(3)36)28(38)22(17)26(37)23(18)21/h10-11,17,19,25,37H,8-9,12-14H2,1-7H3,(H2,32,40)/t17-,19-,25?,31-/m0/s1. The number of primary amides is 1. The number of nitrogens with zero attached hydrogens (tertiary/aromatic N) is 2. The highest BCUT2D eigenvalue weighted by molar-refractivity contribution is 6.33. The third-order valence-corrected chi connectivity index (χ3v) is 8.30. The van der Waals surface area contributed by atoms with E-state index in [4.69, 9.17) is 19.9 Å². The summed E-state index contributed by atoms with van der Waals surface area (Å²) < 4.78 is 17.1. The van der Waals surface area contributed by atoms with Crippen LogP contribution in [0.5, 0.6) is 5.75 Å². The van der Waals surface area contributed by atoms with E-state index in [9.17, 15) is 29.1 Å². The first-order chi connectivity index (χ1) is 20.2. The van der Waals surface area contributed by atoms with Gasteiger partial charge in [-0.15, -0.1) is 0 Å². The Bertz CT molecular complexity index is 1460. The molecule has 4 rings (SSSR count). The lowest BCUT2D eigenvalue weighted by molar-refractivity contribution is -0.184. The zero-order valence-electron chi connectivity index (χ0n) is 25.6. The van der Waals surface area contributed by atoms with Crippen LogP contribution >= 0.6 is 0 Å². The quantitative estimate of drug-likeness (QED) is 0.185. The van der Waals surface area contributed by atoms with Crippen LogP contribution in [0, 0.1) is 11.8 Å². The number of carbonyl (C=O) groups is 5. The second-order valence-corrected chi connectivity index (χ2v) is 11.6. The summed E-state index contributed by atoms with van der Waals surface area (Å²) in [5.74, 6) is -7.12. The molecule has 0 heterocycles. The van der Waals surface area contributed by atoms with Crippen LogP contribution in [0.4, 0.5) is 5.69 Å². The molecule has 1 fully saturated rings. The van der Waals surface area contributed by atoms with E-state index in [0.29, 0.717) is 24.3 Å². The van der Waals surface area contributed by atoms with Gasteiger partial charge in [-0.2, -0.15) is 0 Å². The molecule has 4 atom stereocenters. The van der Waals surface area contributed by atoms with Crippen LogP contribution in [0.1, 0.15) is 51.2 Å². The summed E-state index contributed by atoms with van der Waals surface area (Å²) in [5.41, 5.74) is 4.16. The number of carbonyl (C=O) groups excluding carboxylic acids is 5. The highest BCUT2D eigenvalue weighted by atomic mass is 16.6. The Kier molecular flexibility index (Phi) is 8.73. The van der Waals surface area contributed by atoms with Gasteiger partial charge in [-0.1, -0.05) is 13.3 Å². The van der Waals surface area contributed by atoms with E-state index in [1.807, 2.05) is 32.0 Å². The predicted molar refractivity (Wildman–Crippen MR) is 156 cm³/mol. The Morgan fingerprint density at radius 2 is 1.74 bits per heavy atom. The molecule has 3 aliphatic rings. The largest absolute Gasteiger partial charge is 0.507 e. The molecule has 12 nitrogen and oxygen atoms in total. The number of fused-ring (bicyclic) bond motifs is 3. The molecule has 0 saturated heterocycles. The van der Waals surface area contributed by atoms with Crippen LogP contribution in [0.3, 0.4) is 0 Å². The summed E-state index contributed by atoms with van der Waals surface area (Å²) in [6.07, 6.45) is 2.03. The predicted octanol–water partition coefficient (Wildman–Crippen LogP) is 2.08. The molecule has 0 aromatic heterocycles.